The number of benzene rings is 3. The predicted octanol–water partition coefficient (Wildman–Crippen LogP) is 6.43. The van der Waals surface area contributed by atoms with Crippen molar-refractivity contribution in [2.75, 3.05) is 12.0 Å². The number of amidine groups is 1. The van der Waals surface area contributed by atoms with Crippen LogP contribution in [-0.4, -0.2) is 32.5 Å². The number of aliphatic imine (C=N–C) groups is 1. The number of ether oxygens (including phenoxy) is 1. The van der Waals surface area contributed by atoms with Crippen molar-refractivity contribution in [3.8, 4) is 22.7 Å². The van der Waals surface area contributed by atoms with Crippen LogP contribution in [0.5, 0.6) is 5.75 Å². The summed E-state index contributed by atoms with van der Waals surface area (Å²) in [5, 5.41) is 2.78. The van der Waals surface area contributed by atoms with E-state index in [1.54, 1.807) is 16.7 Å². The third-order valence-electron chi connectivity index (χ3n) is 6.73. The largest absolute Gasteiger partial charge is 0.497 e. The number of rotatable bonds is 6. The van der Waals surface area contributed by atoms with Crippen LogP contribution in [0.25, 0.3) is 23.0 Å². The molecule has 10 heteroatoms. The van der Waals surface area contributed by atoms with Gasteiger partial charge in [-0.05, 0) is 66.7 Å². The van der Waals surface area contributed by atoms with Gasteiger partial charge in [-0.25, -0.2) is 9.67 Å². The maximum atomic E-state index is 13.6. The molecule has 0 N–H and O–H groups in total. The van der Waals surface area contributed by atoms with Gasteiger partial charge in [-0.15, -0.1) is 11.3 Å². The third kappa shape index (κ3) is 5.03. The number of thiazole rings is 1. The molecule has 0 spiro atoms. The lowest BCUT2D eigenvalue weighted by Gasteiger charge is -2.14. The second-order valence-corrected chi connectivity index (χ2v) is 11.1. The van der Waals surface area contributed by atoms with Crippen molar-refractivity contribution in [3.05, 3.63) is 117 Å². The summed E-state index contributed by atoms with van der Waals surface area (Å²) in [6.07, 6.45) is 1.84. The number of aromatic nitrogens is 3. The van der Waals surface area contributed by atoms with Gasteiger partial charge in [0.15, 0.2) is 5.17 Å². The highest BCUT2D eigenvalue weighted by molar-refractivity contribution is 8.19. The SMILES string of the molecule is COc1ccc(/C=C2\SC(=Nc3nc(-c4c(C)n(C)n(-c5ccccc5)c4=O)cs3)N(c3ccccc3)C2=O)cc1. The number of carbonyl (C=O) groups is 1. The summed E-state index contributed by atoms with van der Waals surface area (Å²) in [6.45, 7) is 1.90. The van der Waals surface area contributed by atoms with E-state index < -0.39 is 0 Å². The van der Waals surface area contributed by atoms with E-state index in [0.717, 1.165) is 22.7 Å². The van der Waals surface area contributed by atoms with E-state index in [2.05, 4.69) is 0 Å². The fourth-order valence-electron chi connectivity index (χ4n) is 4.58. The van der Waals surface area contributed by atoms with Gasteiger partial charge in [0.25, 0.3) is 11.5 Å². The molecule has 0 aliphatic carbocycles. The number of anilines is 1. The van der Waals surface area contributed by atoms with Gasteiger partial charge in [-0.2, -0.15) is 4.99 Å². The molecular weight excluding hydrogens is 555 g/mol. The Morgan fingerprint density at radius 3 is 2.22 bits per heavy atom. The molecule has 1 aliphatic heterocycles. The molecular formula is C31H25N5O3S2. The van der Waals surface area contributed by atoms with Crippen molar-refractivity contribution in [2.24, 2.45) is 12.0 Å². The first-order chi connectivity index (χ1) is 19.9. The Morgan fingerprint density at radius 2 is 1.56 bits per heavy atom. The maximum Gasteiger partial charge on any atom is 0.281 e. The van der Waals surface area contributed by atoms with Gasteiger partial charge in [-0.1, -0.05) is 48.5 Å². The Bertz CT molecular complexity index is 1850. The number of nitrogens with zero attached hydrogens (tertiary/aromatic N) is 5. The highest BCUT2D eigenvalue weighted by Crippen LogP contribution is 2.38. The summed E-state index contributed by atoms with van der Waals surface area (Å²) in [7, 11) is 3.47. The molecule has 3 heterocycles. The molecule has 2 aromatic heterocycles. The van der Waals surface area contributed by atoms with E-state index in [-0.39, 0.29) is 11.5 Å². The van der Waals surface area contributed by atoms with Crippen molar-refractivity contribution in [1.29, 1.82) is 0 Å². The van der Waals surface area contributed by atoms with E-state index in [1.807, 2.05) is 115 Å². The number of hydrogen-bond donors (Lipinski definition) is 0. The zero-order chi connectivity index (χ0) is 28.5. The van der Waals surface area contributed by atoms with Gasteiger partial charge in [0.05, 0.1) is 34.6 Å². The summed E-state index contributed by atoms with van der Waals surface area (Å²) < 4.78 is 8.71. The van der Waals surface area contributed by atoms with Gasteiger partial charge in [-0.3, -0.25) is 19.2 Å². The Balaban J connectivity index is 1.38. The Morgan fingerprint density at radius 1 is 0.902 bits per heavy atom. The summed E-state index contributed by atoms with van der Waals surface area (Å²) in [6, 6.07) is 26.4. The number of para-hydroxylation sites is 2. The number of amides is 1. The zero-order valence-electron chi connectivity index (χ0n) is 22.5. The van der Waals surface area contributed by atoms with Gasteiger partial charge < -0.3 is 4.74 Å². The number of hydrogen-bond acceptors (Lipinski definition) is 7. The van der Waals surface area contributed by atoms with Gasteiger partial charge >= 0.3 is 0 Å². The van der Waals surface area contributed by atoms with Crippen molar-refractivity contribution >= 4 is 51.1 Å². The van der Waals surface area contributed by atoms with Crippen LogP contribution in [-0.2, 0) is 11.8 Å². The molecule has 204 valence electrons. The Hall–Kier alpha value is -4.67. The molecule has 41 heavy (non-hydrogen) atoms. The summed E-state index contributed by atoms with van der Waals surface area (Å²) in [5.74, 6) is 0.576. The normalized spacial score (nSPS) is 15.3. The molecule has 8 nitrogen and oxygen atoms in total. The fraction of sp³-hybridized carbons (Fsp3) is 0.0968. The van der Waals surface area contributed by atoms with Crippen LogP contribution in [0.15, 0.2) is 105 Å². The minimum atomic E-state index is -0.169. The summed E-state index contributed by atoms with van der Waals surface area (Å²) >= 11 is 2.62. The molecule has 1 fully saturated rings. The highest BCUT2D eigenvalue weighted by atomic mass is 32.2. The minimum Gasteiger partial charge on any atom is -0.497 e. The Kier molecular flexibility index (Phi) is 7.17. The van der Waals surface area contributed by atoms with Crippen LogP contribution < -0.4 is 15.2 Å². The van der Waals surface area contributed by atoms with E-state index in [1.165, 1.54) is 23.1 Å². The average molecular weight is 580 g/mol. The molecule has 0 atom stereocenters. The van der Waals surface area contributed by atoms with Gasteiger partial charge in [0.1, 0.15) is 5.75 Å². The monoisotopic (exact) mass is 579 g/mol. The average Bonchev–Trinajstić information content (AvgIpc) is 3.64. The van der Waals surface area contributed by atoms with Gasteiger partial charge in [0.2, 0.25) is 5.13 Å². The van der Waals surface area contributed by atoms with E-state index in [0.29, 0.717) is 32.1 Å². The molecule has 1 saturated heterocycles. The molecule has 0 saturated carbocycles. The lowest BCUT2D eigenvalue weighted by atomic mass is 10.2. The lowest BCUT2D eigenvalue weighted by molar-refractivity contribution is -0.113. The van der Waals surface area contributed by atoms with Crippen LogP contribution in [0.3, 0.4) is 0 Å². The molecule has 5 aromatic rings. The van der Waals surface area contributed by atoms with Crippen LogP contribution in [0.2, 0.25) is 0 Å². The van der Waals surface area contributed by atoms with E-state index >= 15 is 0 Å². The fourth-order valence-corrected chi connectivity index (χ4v) is 6.30. The van der Waals surface area contributed by atoms with Crippen molar-refractivity contribution < 1.29 is 9.53 Å². The minimum absolute atomic E-state index is 0.151. The maximum absolute atomic E-state index is 13.6. The first kappa shape index (κ1) is 26.5. The number of methoxy groups -OCH3 is 1. The molecule has 3 aromatic carbocycles. The standard InChI is InChI=1S/C31H25N5O3S2/c1-20-27(29(38)36(34(20)2)23-12-8-5-9-13-23)25-19-40-30(32-25)33-31-35(22-10-6-4-7-11-22)28(37)26(41-31)18-21-14-16-24(39-3)17-15-21/h4-19H,1-3H3/b26-18-,33-31?. The van der Waals surface area contributed by atoms with Crippen molar-refractivity contribution in [3.63, 3.8) is 0 Å². The highest BCUT2D eigenvalue weighted by Gasteiger charge is 2.35. The predicted molar refractivity (Wildman–Crippen MR) is 166 cm³/mol. The van der Waals surface area contributed by atoms with Gasteiger partial charge in [0, 0.05) is 18.1 Å². The van der Waals surface area contributed by atoms with Crippen LogP contribution >= 0.6 is 23.1 Å². The molecule has 6 rings (SSSR count). The van der Waals surface area contributed by atoms with E-state index in [4.69, 9.17) is 14.7 Å². The molecule has 0 unspecified atom stereocenters. The van der Waals surface area contributed by atoms with Crippen LogP contribution in [0, 0.1) is 6.92 Å². The molecule has 1 aliphatic rings. The third-order valence-corrected chi connectivity index (χ3v) is 8.43. The zero-order valence-corrected chi connectivity index (χ0v) is 24.1. The smallest absolute Gasteiger partial charge is 0.281 e. The number of thioether (sulfide) groups is 1. The lowest BCUT2D eigenvalue weighted by Crippen LogP contribution is -2.28. The molecule has 0 radical (unpaired) electrons. The first-order valence-corrected chi connectivity index (χ1v) is 14.5. The van der Waals surface area contributed by atoms with Crippen LogP contribution in [0.1, 0.15) is 11.3 Å². The second kappa shape index (κ2) is 11.1. The van der Waals surface area contributed by atoms with Crippen LogP contribution in [0.4, 0.5) is 10.8 Å². The summed E-state index contributed by atoms with van der Waals surface area (Å²) in [4.78, 5) is 38.7. The molecule has 1 amide bonds. The second-order valence-electron chi connectivity index (χ2n) is 9.21. The molecule has 0 bridgehead atoms. The first-order valence-electron chi connectivity index (χ1n) is 12.8. The summed E-state index contributed by atoms with van der Waals surface area (Å²) in [5.41, 5.74) is 4.09. The number of carbonyl (C=O) groups excluding carboxylic acids is 1. The topological polar surface area (TPSA) is 81.7 Å². The van der Waals surface area contributed by atoms with E-state index in [9.17, 15) is 9.59 Å². The van der Waals surface area contributed by atoms with Crippen molar-refractivity contribution in [1.82, 2.24) is 14.3 Å². The van der Waals surface area contributed by atoms with Crippen molar-refractivity contribution in [2.45, 2.75) is 6.92 Å². The Labute approximate surface area is 244 Å². The quantitative estimate of drug-likeness (QED) is 0.217.